The third-order valence-corrected chi connectivity index (χ3v) is 6.35. The minimum absolute atomic E-state index is 0.115. The average Bonchev–Trinajstić information content (AvgIpc) is 3.12. The Morgan fingerprint density at radius 1 is 1.29 bits per heavy atom. The molecule has 28 heavy (non-hydrogen) atoms. The second-order valence-electron chi connectivity index (χ2n) is 7.22. The van der Waals surface area contributed by atoms with Gasteiger partial charge < -0.3 is 9.26 Å². The summed E-state index contributed by atoms with van der Waals surface area (Å²) >= 11 is 5.10. The Kier molecular flexibility index (Phi) is 5.67. The monoisotopic (exact) mass is 422 g/mol. The molecule has 1 fully saturated rings. The number of aromatic nitrogens is 2. The Bertz CT molecular complexity index is 1000. The maximum atomic E-state index is 12.2. The van der Waals surface area contributed by atoms with Crippen molar-refractivity contribution in [2.45, 2.75) is 52.6 Å². The highest BCUT2D eigenvalue weighted by Gasteiger charge is 2.31. The molecule has 3 atom stereocenters. The summed E-state index contributed by atoms with van der Waals surface area (Å²) in [5.41, 5.74) is 3.91. The summed E-state index contributed by atoms with van der Waals surface area (Å²) in [6.07, 6.45) is 2.84. The molecular formula is C19H23N2O5PS. The van der Waals surface area contributed by atoms with E-state index in [1.165, 1.54) is 5.56 Å². The molecule has 0 bridgehead atoms. The number of nitrogens with one attached hydrogen (secondary N) is 1. The standard InChI is InChI=1S/C19H23N2O5PS/c1-11-6-12(2)17-14(7-11)9-23-27(26-17)24-10-15-4-5-16(25-15)21-8-13(3)18(28)20-19(21)22/h6-8,15-16H,4-5,9-10H2,1-3H3,(H,20,22,28). The van der Waals surface area contributed by atoms with Gasteiger partial charge in [0.05, 0.1) is 19.3 Å². The van der Waals surface area contributed by atoms with Gasteiger partial charge in [-0.15, -0.1) is 0 Å². The Morgan fingerprint density at radius 3 is 2.93 bits per heavy atom. The summed E-state index contributed by atoms with van der Waals surface area (Å²) in [4.78, 5) is 14.8. The quantitative estimate of drug-likeness (QED) is 0.583. The zero-order chi connectivity index (χ0) is 19.8. The largest absolute Gasteiger partial charge is 0.426 e. The van der Waals surface area contributed by atoms with Gasteiger partial charge in [-0.1, -0.05) is 29.9 Å². The van der Waals surface area contributed by atoms with E-state index < -0.39 is 8.60 Å². The van der Waals surface area contributed by atoms with E-state index >= 15 is 0 Å². The summed E-state index contributed by atoms with van der Waals surface area (Å²) in [6, 6.07) is 4.16. The number of fused-ring (bicyclic) bond motifs is 1. The summed E-state index contributed by atoms with van der Waals surface area (Å²) < 4.78 is 25.5. The lowest BCUT2D eigenvalue weighted by atomic mass is 10.1. The van der Waals surface area contributed by atoms with Crippen molar-refractivity contribution in [2.75, 3.05) is 6.61 Å². The third kappa shape index (κ3) is 4.07. The number of rotatable bonds is 4. The van der Waals surface area contributed by atoms with Crippen molar-refractivity contribution >= 4 is 20.8 Å². The van der Waals surface area contributed by atoms with Crippen molar-refractivity contribution in [1.82, 2.24) is 9.55 Å². The Hall–Kier alpha value is -1.57. The molecule has 9 heteroatoms. The van der Waals surface area contributed by atoms with Crippen LogP contribution in [0.5, 0.6) is 5.75 Å². The van der Waals surface area contributed by atoms with E-state index in [1.54, 1.807) is 10.8 Å². The van der Waals surface area contributed by atoms with E-state index in [2.05, 4.69) is 24.0 Å². The molecular weight excluding hydrogens is 399 g/mol. The molecule has 1 aromatic heterocycles. The Labute approximate surface area is 169 Å². The molecule has 7 nitrogen and oxygen atoms in total. The van der Waals surface area contributed by atoms with Gasteiger partial charge in [0.2, 0.25) is 0 Å². The lowest BCUT2D eigenvalue weighted by Gasteiger charge is -2.26. The zero-order valence-corrected chi connectivity index (χ0v) is 17.8. The number of hydrogen-bond acceptors (Lipinski definition) is 6. The zero-order valence-electron chi connectivity index (χ0n) is 16.1. The number of hydrogen-bond donors (Lipinski definition) is 1. The van der Waals surface area contributed by atoms with Crippen LogP contribution in [0.25, 0.3) is 0 Å². The maximum Gasteiger partial charge on any atom is 0.397 e. The van der Waals surface area contributed by atoms with Crippen molar-refractivity contribution in [2.24, 2.45) is 0 Å². The van der Waals surface area contributed by atoms with Gasteiger partial charge in [0.15, 0.2) is 0 Å². The second-order valence-corrected chi connectivity index (χ2v) is 8.78. The highest BCUT2D eigenvalue weighted by molar-refractivity contribution is 7.71. The van der Waals surface area contributed by atoms with E-state index in [-0.39, 0.29) is 18.0 Å². The fraction of sp³-hybridized carbons (Fsp3) is 0.474. The van der Waals surface area contributed by atoms with Crippen molar-refractivity contribution in [3.63, 3.8) is 0 Å². The first kappa shape index (κ1) is 19.7. The minimum atomic E-state index is -1.45. The van der Waals surface area contributed by atoms with Gasteiger partial charge in [0, 0.05) is 17.3 Å². The molecule has 3 heterocycles. The molecule has 0 amide bonds. The van der Waals surface area contributed by atoms with Crippen LogP contribution in [0.3, 0.4) is 0 Å². The summed E-state index contributed by atoms with van der Waals surface area (Å²) in [6.45, 7) is 6.79. The molecule has 2 aliphatic rings. The molecule has 4 rings (SSSR count). The van der Waals surface area contributed by atoms with E-state index in [4.69, 9.17) is 30.5 Å². The van der Waals surface area contributed by atoms with Gasteiger partial charge in [-0.2, -0.15) is 0 Å². The molecule has 0 radical (unpaired) electrons. The first-order valence-electron chi connectivity index (χ1n) is 9.22. The average molecular weight is 422 g/mol. The fourth-order valence-electron chi connectivity index (χ4n) is 3.52. The van der Waals surface area contributed by atoms with Crippen LogP contribution in [0.15, 0.2) is 23.1 Å². The van der Waals surface area contributed by atoms with Crippen LogP contribution >= 0.6 is 20.8 Å². The van der Waals surface area contributed by atoms with Crippen molar-refractivity contribution < 1.29 is 18.3 Å². The highest BCUT2D eigenvalue weighted by atomic mass is 32.1. The predicted molar refractivity (Wildman–Crippen MR) is 108 cm³/mol. The molecule has 2 aromatic rings. The van der Waals surface area contributed by atoms with E-state index in [9.17, 15) is 4.79 Å². The number of aromatic amines is 1. The molecule has 1 saturated heterocycles. The molecule has 150 valence electrons. The minimum Gasteiger partial charge on any atom is -0.426 e. The topological polar surface area (TPSA) is 74.7 Å². The van der Waals surface area contributed by atoms with Gasteiger partial charge in [-0.3, -0.25) is 18.6 Å². The number of H-pyrrole nitrogens is 1. The van der Waals surface area contributed by atoms with Crippen LogP contribution in [-0.4, -0.2) is 22.3 Å². The van der Waals surface area contributed by atoms with Crippen LogP contribution < -0.4 is 10.2 Å². The van der Waals surface area contributed by atoms with Crippen LogP contribution in [0.4, 0.5) is 0 Å². The lowest BCUT2D eigenvalue weighted by Crippen LogP contribution is -2.28. The van der Waals surface area contributed by atoms with Crippen LogP contribution in [-0.2, 0) is 20.4 Å². The number of ether oxygens (including phenoxy) is 1. The maximum absolute atomic E-state index is 12.2. The second kappa shape index (κ2) is 8.05. The number of benzene rings is 1. The number of nitrogens with zero attached hydrogens (tertiary/aromatic N) is 1. The predicted octanol–water partition coefficient (Wildman–Crippen LogP) is 4.36. The SMILES string of the molecule is Cc1cc(C)c2c(c1)COP(OCC1CCC(n3cc(C)c(=S)[nH]c3=O)O1)O2. The fourth-order valence-corrected chi connectivity index (χ4v) is 4.79. The molecule has 2 aliphatic heterocycles. The lowest BCUT2D eigenvalue weighted by molar-refractivity contribution is -0.0229. The van der Waals surface area contributed by atoms with Crippen LogP contribution in [0.1, 0.15) is 41.3 Å². The number of aryl methyl sites for hydroxylation is 3. The van der Waals surface area contributed by atoms with E-state index in [1.807, 2.05) is 13.8 Å². The normalized spacial score (nSPS) is 24.0. The summed E-state index contributed by atoms with van der Waals surface area (Å²) in [5.74, 6) is 0.856. The Balaban J connectivity index is 1.35. The molecule has 1 aromatic carbocycles. The molecule has 3 unspecified atom stereocenters. The summed E-state index contributed by atoms with van der Waals surface area (Å²) in [7, 11) is -1.45. The molecule has 0 saturated carbocycles. The van der Waals surface area contributed by atoms with Crippen molar-refractivity contribution in [3.05, 3.63) is 55.7 Å². The van der Waals surface area contributed by atoms with Crippen LogP contribution in [0.2, 0.25) is 0 Å². The van der Waals surface area contributed by atoms with Crippen LogP contribution in [0, 0.1) is 25.4 Å². The smallest absolute Gasteiger partial charge is 0.397 e. The third-order valence-electron chi connectivity index (χ3n) is 4.89. The molecule has 1 N–H and O–H groups in total. The Morgan fingerprint density at radius 2 is 2.11 bits per heavy atom. The van der Waals surface area contributed by atoms with Gasteiger partial charge in [-0.05, 0) is 39.2 Å². The molecule has 0 aliphatic carbocycles. The van der Waals surface area contributed by atoms with Gasteiger partial charge in [0.1, 0.15) is 16.6 Å². The van der Waals surface area contributed by atoms with E-state index in [0.717, 1.165) is 35.3 Å². The first-order valence-corrected chi connectivity index (χ1v) is 10.7. The van der Waals surface area contributed by atoms with Gasteiger partial charge in [-0.25, -0.2) is 4.79 Å². The van der Waals surface area contributed by atoms with Gasteiger partial charge >= 0.3 is 14.3 Å². The summed E-state index contributed by atoms with van der Waals surface area (Å²) in [5, 5.41) is 0. The van der Waals surface area contributed by atoms with Crippen molar-refractivity contribution in [3.8, 4) is 5.75 Å². The van der Waals surface area contributed by atoms with Gasteiger partial charge in [0.25, 0.3) is 0 Å². The van der Waals surface area contributed by atoms with Crippen molar-refractivity contribution in [1.29, 1.82) is 0 Å². The molecule has 0 spiro atoms. The van der Waals surface area contributed by atoms with E-state index in [0.29, 0.717) is 17.9 Å². The first-order chi connectivity index (χ1) is 13.4. The highest BCUT2D eigenvalue weighted by Crippen LogP contribution is 2.49.